The highest BCUT2D eigenvalue weighted by Gasteiger charge is 2.38. The molecule has 2 aromatic carbocycles. The van der Waals surface area contributed by atoms with Crippen LogP contribution >= 0.6 is 7.75 Å². The number of esters is 1. The van der Waals surface area contributed by atoms with E-state index in [2.05, 4.69) is 25.4 Å². The Balaban J connectivity index is 1.21. The number of ether oxygens (including phenoxy) is 2. The zero-order valence-electron chi connectivity index (χ0n) is 24.6. The number of hydrogen-bond donors (Lipinski definition) is 4. The maximum atomic E-state index is 14.2. The Labute approximate surface area is 253 Å². The number of aromatic nitrogens is 4. The summed E-state index contributed by atoms with van der Waals surface area (Å²) in [6.07, 6.45) is 1.98. The number of hydrogen-bond acceptors (Lipinski definition) is 12. The van der Waals surface area contributed by atoms with E-state index in [4.69, 9.17) is 29.7 Å². The first kappa shape index (κ1) is 29.9. The lowest BCUT2D eigenvalue weighted by molar-refractivity contribution is -0.149. The van der Waals surface area contributed by atoms with Crippen molar-refractivity contribution in [1.82, 2.24) is 24.6 Å². The number of carbonyl (C=O) groups is 1. The Bertz CT molecular complexity index is 1750. The summed E-state index contributed by atoms with van der Waals surface area (Å²) in [5.41, 5.74) is 7.20. The average Bonchev–Trinajstić information content (AvgIpc) is 3.57. The monoisotopic (exact) mass is 622 g/mol. The molecule has 1 aliphatic carbocycles. The highest BCUT2D eigenvalue weighted by Crippen LogP contribution is 2.47. The minimum Gasteiger partial charge on any atom is -0.462 e. The molecule has 1 aliphatic heterocycles. The molecule has 232 valence electrons. The van der Waals surface area contributed by atoms with Crippen molar-refractivity contribution in [1.29, 1.82) is 5.41 Å². The fraction of sp³-hybridized carbons (Fsp3) is 0.414. The molecule has 0 spiro atoms. The molecule has 5 N–H and O–H groups in total. The van der Waals surface area contributed by atoms with Crippen LogP contribution in [0.4, 0.5) is 11.8 Å². The van der Waals surface area contributed by atoms with E-state index in [1.807, 2.05) is 30.3 Å². The number of imidazole rings is 1. The zero-order chi connectivity index (χ0) is 31.0. The summed E-state index contributed by atoms with van der Waals surface area (Å²) in [6, 6.07) is 12.2. The summed E-state index contributed by atoms with van der Waals surface area (Å²) in [5.74, 6) is 0.336. The Morgan fingerprint density at radius 1 is 1.18 bits per heavy atom. The van der Waals surface area contributed by atoms with Gasteiger partial charge in [-0.2, -0.15) is 15.1 Å². The number of fused-ring (bicyclic) bond motifs is 2. The lowest BCUT2D eigenvalue weighted by Gasteiger charge is -2.25. The van der Waals surface area contributed by atoms with Crippen molar-refractivity contribution in [3.05, 3.63) is 48.8 Å². The topological polar surface area (TPSA) is 189 Å². The van der Waals surface area contributed by atoms with Crippen LogP contribution in [0.25, 0.3) is 21.9 Å². The molecule has 2 aliphatic rings. The molecule has 0 amide bonds. The molecule has 15 heteroatoms. The number of nitrogens with zero attached hydrogens (tertiary/aromatic N) is 4. The number of nitrogen functional groups attached to an aromatic ring is 1. The number of benzene rings is 2. The molecule has 0 unspecified atom stereocenters. The summed E-state index contributed by atoms with van der Waals surface area (Å²) in [4.78, 5) is 25.7. The van der Waals surface area contributed by atoms with E-state index in [1.165, 1.54) is 13.3 Å². The van der Waals surface area contributed by atoms with Gasteiger partial charge in [0.05, 0.1) is 30.9 Å². The van der Waals surface area contributed by atoms with Gasteiger partial charge < -0.3 is 30.5 Å². The molecule has 2 fully saturated rings. The number of nitrogens with two attached hydrogens (primary N) is 1. The summed E-state index contributed by atoms with van der Waals surface area (Å²) < 4.78 is 39.2. The Hall–Kier alpha value is -4.10. The molecule has 4 atom stereocenters. The first-order valence-corrected chi connectivity index (χ1v) is 16.0. The van der Waals surface area contributed by atoms with E-state index in [0.29, 0.717) is 28.8 Å². The van der Waals surface area contributed by atoms with Gasteiger partial charge in [-0.3, -0.25) is 13.9 Å². The molecule has 0 radical (unpaired) electrons. The normalized spacial score (nSPS) is 20.6. The number of carbonyl (C=O) groups excluding carboxylic acids is 1. The van der Waals surface area contributed by atoms with E-state index in [-0.39, 0.29) is 30.8 Å². The number of nitrogens with one attached hydrogen (secondary N) is 3. The van der Waals surface area contributed by atoms with Crippen LogP contribution in [-0.4, -0.2) is 62.1 Å². The SMILES string of the molecule is CC(C)OC(=O)[C@H](C)N[P@@](=O)(OC[C@@H]1CC(=N)[C@H](n2cnc3c(NC4CC4)nc(N)nc32)O1)Oc1cccc2ccccc12. The van der Waals surface area contributed by atoms with Crippen LogP contribution in [0, 0.1) is 5.41 Å². The van der Waals surface area contributed by atoms with Gasteiger partial charge in [0, 0.05) is 17.8 Å². The first-order valence-electron chi connectivity index (χ1n) is 14.5. The van der Waals surface area contributed by atoms with Crippen molar-refractivity contribution in [3.8, 4) is 5.75 Å². The summed E-state index contributed by atoms with van der Waals surface area (Å²) in [5, 5.41) is 16.3. The first-order chi connectivity index (χ1) is 21.1. The van der Waals surface area contributed by atoms with Crippen LogP contribution in [0.1, 0.15) is 46.3 Å². The van der Waals surface area contributed by atoms with Crippen LogP contribution in [0.5, 0.6) is 5.75 Å². The Kier molecular flexibility index (Phi) is 8.25. The summed E-state index contributed by atoms with van der Waals surface area (Å²) in [7, 11) is -4.18. The fourth-order valence-corrected chi connectivity index (χ4v) is 6.46. The smallest absolute Gasteiger partial charge is 0.459 e. The predicted octanol–water partition coefficient (Wildman–Crippen LogP) is 4.58. The lowest BCUT2D eigenvalue weighted by atomic mass is 10.1. The van der Waals surface area contributed by atoms with Gasteiger partial charge in [0.25, 0.3) is 0 Å². The minimum atomic E-state index is -4.18. The maximum absolute atomic E-state index is 14.2. The second kappa shape index (κ2) is 12.1. The van der Waals surface area contributed by atoms with Crippen molar-refractivity contribution < 1.29 is 27.9 Å². The van der Waals surface area contributed by atoms with Crippen LogP contribution in [0.3, 0.4) is 0 Å². The van der Waals surface area contributed by atoms with Crippen LogP contribution in [0.15, 0.2) is 48.8 Å². The summed E-state index contributed by atoms with van der Waals surface area (Å²) in [6.45, 7) is 4.78. The van der Waals surface area contributed by atoms with Crippen LogP contribution < -0.4 is 20.7 Å². The summed E-state index contributed by atoms with van der Waals surface area (Å²) >= 11 is 0. The van der Waals surface area contributed by atoms with Gasteiger partial charge in [0.15, 0.2) is 23.2 Å². The third-order valence-electron chi connectivity index (χ3n) is 7.13. The third kappa shape index (κ3) is 6.53. The highest BCUT2D eigenvalue weighted by atomic mass is 31.2. The van der Waals surface area contributed by atoms with Gasteiger partial charge in [-0.25, -0.2) is 9.55 Å². The Morgan fingerprint density at radius 3 is 2.73 bits per heavy atom. The van der Waals surface area contributed by atoms with Crippen molar-refractivity contribution >= 4 is 53.1 Å². The quantitative estimate of drug-likeness (QED) is 0.127. The average molecular weight is 623 g/mol. The second-order valence-corrected chi connectivity index (χ2v) is 12.9. The van der Waals surface area contributed by atoms with Gasteiger partial charge in [-0.05, 0) is 45.1 Å². The molecule has 6 rings (SSSR count). The Morgan fingerprint density at radius 2 is 1.95 bits per heavy atom. The largest absolute Gasteiger partial charge is 0.462 e. The molecule has 3 heterocycles. The zero-order valence-corrected chi connectivity index (χ0v) is 25.5. The van der Waals surface area contributed by atoms with Crippen molar-refractivity contribution in [2.75, 3.05) is 17.7 Å². The van der Waals surface area contributed by atoms with Gasteiger partial charge >= 0.3 is 13.7 Å². The van der Waals surface area contributed by atoms with E-state index >= 15 is 0 Å². The molecule has 2 aromatic heterocycles. The van der Waals surface area contributed by atoms with E-state index in [0.717, 1.165) is 23.6 Å². The van der Waals surface area contributed by atoms with Crippen LogP contribution in [0.2, 0.25) is 0 Å². The molecular formula is C29H35N8O6P. The van der Waals surface area contributed by atoms with E-state index in [9.17, 15) is 9.36 Å². The lowest BCUT2D eigenvalue weighted by Crippen LogP contribution is -2.36. The van der Waals surface area contributed by atoms with E-state index in [1.54, 1.807) is 30.5 Å². The molecule has 14 nitrogen and oxygen atoms in total. The molecule has 1 saturated heterocycles. The molecule has 0 bridgehead atoms. The molecule has 1 saturated carbocycles. The standard InChI is InChI=1S/C29H35N8O6P/c1-16(2)41-28(38)17(3)36-44(39,43-23-10-6-8-18-7-4-5-9-21(18)23)40-14-20-13-22(30)27(42-20)37-15-32-24-25(33-19-11-12-19)34-29(31)35-26(24)37/h4-10,15-17,19-20,27,30H,11-14H2,1-3H3,(H,36,39)(H3,31,33,34,35)/t17-,20-,27+,44+/m0/s1. The van der Waals surface area contributed by atoms with Gasteiger partial charge in [0.2, 0.25) is 5.95 Å². The fourth-order valence-electron chi connectivity index (χ4n) is 4.92. The van der Waals surface area contributed by atoms with Crippen molar-refractivity contribution in [2.45, 2.75) is 70.6 Å². The third-order valence-corrected chi connectivity index (χ3v) is 8.76. The van der Waals surface area contributed by atoms with Crippen LogP contribution in [-0.2, 0) is 23.4 Å². The van der Waals surface area contributed by atoms with Gasteiger partial charge in [-0.15, -0.1) is 0 Å². The molecular weight excluding hydrogens is 587 g/mol. The molecule has 44 heavy (non-hydrogen) atoms. The van der Waals surface area contributed by atoms with E-state index < -0.39 is 32.1 Å². The maximum Gasteiger partial charge on any atom is 0.459 e. The highest BCUT2D eigenvalue weighted by molar-refractivity contribution is 7.52. The van der Waals surface area contributed by atoms with Gasteiger partial charge in [-0.1, -0.05) is 36.4 Å². The second-order valence-electron chi connectivity index (χ2n) is 11.2. The number of rotatable bonds is 12. The predicted molar refractivity (Wildman–Crippen MR) is 165 cm³/mol. The van der Waals surface area contributed by atoms with Crippen molar-refractivity contribution in [3.63, 3.8) is 0 Å². The molecule has 4 aromatic rings. The van der Waals surface area contributed by atoms with Crippen molar-refractivity contribution in [2.24, 2.45) is 0 Å². The number of anilines is 2. The van der Waals surface area contributed by atoms with Gasteiger partial charge in [0.1, 0.15) is 11.8 Å². The minimum absolute atomic E-state index is 0.0783.